The second-order valence-electron chi connectivity index (χ2n) is 3.23. The fraction of sp³-hybridized carbons (Fsp3) is 0.571. The SMILES string of the molecule is CN(C)C1=CC(N)=NC(C)(N)N1. The van der Waals surface area contributed by atoms with Crippen LogP contribution in [0, 0.1) is 0 Å². The summed E-state index contributed by atoms with van der Waals surface area (Å²) >= 11 is 0. The van der Waals surface area contributed by atoms with E-state index < -0.39 is 5.79 Å². The van der Waals surface area contributed by atoms with Gasteiger partial charge in [-0.2, -0.15) is 0 Å². The van der Waals surface area contributed by atoms with Crippen molar-refractivity contribution in [3.63, 3.8) is 0 Å². The molecule has 5 N–H and O–H groups in total. The maximum absolute atomic E-state index is 5.75. The van der Waals surface area contributed by atoms with Gasteiger partial charge in [-0.3, -0.25) is 5.73 Å². The van der Waals surface area contributed by atoms with Crippen molar-refractivity contribution in [3.05, 3.63) is 11.9 Å². The minimum atomic E-state index is -0.793. The number of nitrogens with two attached hydrogens (primary N) is 2. The maximum atomic E-state index is 5.75. The molecule has 0 fully saturated rings. The summed E-state index contributed by atoms with van der Waals surface area (Å²) in [5, 5.41) is 3.02. The first-order chi connectivity index (χ1) is 5.41. The summed E-state index contributed by atoms with van der Waals surface area (Å²) in [7, 11) is 3.82. The van der Waals surface area contributed by atoms with Crippen LogP contribution in [0.15, 0.2) is 16.9 Å². The molecule has 1 unspecified atom stereocenters. The van der Waals surface area contributed by atoms with Crippen LogP contribution in [-0.4, -0.2) is 30.6 Å². The molecule has 0 aromatic heterocycles. The largest absolute Gasteiger partial charge is 0.384 e. The Morgan fingerprint density at radius 1 is 1.58 bits per heavy atom. The van der Waals surface area contributed by atoms with E-state index in [4.69, 9.17) is 11.5 Å². The quantitative estimate of drug-likeness (QED) is 0.469. The van der Waals surface area contributed by atoms with Crippen molar-refractivity contribution in [1.29, 1.82) is 0 Å². The first-order valence-electron chi connectivity index (χ1n) is 3.72. The van der Waals surface area contributed by atoms with Gasteiger partial charge in [0.25, 0.3) is 0 Å². The van der Waals surface area contributed by atoms with Gasteiger partial charge in [0, 0.05) is 20.2 Å². The molecule has 5 heteroatoms. The van der Waals surface area contributed by atoms with E-state index in [1.165, 1.54) is 0 Å². The van der Waals surface area contributed by atoms with Gasteiger partial charge >= 0.3 is 0 Å². The van der Waals surface area contributed by atoms with Crippen LogP contribution in [0.4, 0.5) is 0 Å². The Morgan fingerprint density at radius 3 is 2.58 bits per heavy atom. The third-order valence-electron chi connectivity index (χ3n) is 1.51. The Morgan fingerprint density at radius 2 is 2.17 bits per heavy atom. The molecule has 0 amide bonds. The van der Waals surface area contributed by atoms with Crippen molar-refractivity contribution in [2.75, 3.05) is 14.1 Å². The number of nitrogens with zero attached hydrogens (tertiary/aromatic N) is 2. The highest BCUT2D eigenvalue weighted by molar-refractivity contribution is 5.92. The summed E-state index contributed by atoms with van der Waals surface area (Å²) in [6.45, 7) is 1.76. The lowest BCUT2D eigenvalue weighted by Crippen LogP contribution is -2.54. The molecule has 0 bridgehead atoms. The second kappa shape index (κ2) is 2.67. The van der Waals surface area contributed by atoms with Gasteiger partial charge in [-0.15, -0.1) is 0 Å². The topological polar surface area (TPSA) is 79.7 Å². The Bertz CT molecular complexity index is 238. The molecule has 1 atom stereocenters. The van der Waals surface area contributed by atoms with Gasteiger partial charge in [-0.25, -0.2) is 4.99 Å². The minimum absolute atomic E-state index is 0.447. The molecule has 12 heavy (non-hydrogen) atoms. The minimum Gasteiger partial charge on any atom is -0.384 e. The van der Waals surface area contributed by atoms with Gasteiger partial charge in [0.2, 0.25) is 0 Å². The Kier molecular flexibility index (Phi) is 1.97. The van der Waals surface area contributed by atoms with E-state index in [1.54, 1.807) is 13.0 Å². The molecular weight excluding hydrogens is 154 g/mol. The smallest absolute Gasteiger partial charge is 0.182 e. The number of amidine groups is 1. The second-order valence-corrected chi connectivity index (χ2v) is 3.23. The molecular formula is C7H15N5. The molecule has 0 radical (unpaired) electrons. The zero-order valence-corrected chi connectivity index (χ0v) is 7.63. The highest BCUT2D eigenvalue weighted by atomic mass is 15.3. The summed E-state index contributed by atoms with van der Waals surface area (Å²) in [6.07, 6.45) is 1.74. The molecule has 1 aliphatic heterocycles. The number of hydrogen-bond donors (Lipinski definition) is 3. The van der Waals surface area contributed by atoms with E-state index >= 15 is 0 Å². The monoisotopic (exact) mass is 169 g/mol. The Hall–Kier alpha value is -1.23. The van der Waals surface area contributed by atoms with Crippen LogP contribution >= 0.6 is 0 Å². The summed E-state index contributed by atoms with van der Waals surface area (Å²) in [5.74, 6) is 0.522. The molecule has 0 aromatic carbocycles. The lowest BCUT2D eigenvalue weighted by atomic mass is 10.3. The average Bonchev–Trinajstić information content (AvgIpc) is 1.82. The molecule has 0 aromatic rings. The van der Waals surface area contributed by atoms with Crippen LogP contribution in [0.25, 0.3) is 0 Å². The van der Waals surface area contributed by atoms with E-state index in [2.05, 4.69) is 10.3 Å². The third kappa shape index (κ3) is 1.88. The lowest BCUT2D eigenvalue weighted by Gasteiger charge is -2.31. The molecule has 0 aliphatic carbocycles. The number of rotatable bonds is 1. The molecule has 0 saturated heterocycles. The first-order valence-corrected chi connectivity index (χ1v) is 3.72. The number of aliphatic imine (C=N–C) groups is 1. The van der Waals surface area contributed by atoms with Crippen LogP contribution in [0.1, 0.15) is 6.92 Å². The standard InChI is InChI=1S/C7H15N5/c1-7(9)10-5(8)4-6(11-7)12(2)3/h4,11H,9H2,1-3H3,(H2,8,10). The fourth-order valence-corrected chi connectivity index (χ4v) is 1.00. The molecule has 0 spiro atoms. The lowest BCUT2D eigenvalue weighted by molar-refractivity contribution is 0.346. The van der Waals surface area contributed by atoms with E-state index in [9.17, 15) is 0 Å². The van der Waals surface area contributed by atoms with Crippen LogP contribution in [0.2, 0.25) is 0 Å². The molecule has 5 nitrogen and oxygen atoms in total. The predicted octanol–water partition coefficient (Wildman–Crippen LogP) is -1.02. The van der Waals surface area contributed by atoms with E-state index in [0.29, 0.717) is 5.84 Å². The number of nitrogens with one attached hydrogen (secondary N) is 1. The maximum Gasteiger partial charge on any atom is 0.182 e. The van der Waals surface area contributed by atoms with Crippen molar-refractivity contribution in [2.45, 2.75) is 12.7 Å². The average molecular weight is 169 g/mol. The Labute approximate surface area is 72.1 Å². The summed E-state index contributed by atoms with van der Waals surface area (Å²) in [5.41, 5.74) is 11.3. The van der Waals surface area contributed by atoms with Crippen LogP contribution < -0.4 is 16.8 Å². The van der Waals surface area contributed by atoms with Gasteiger partial charge in [-0.1, -0.05) is 0 Å². The van der Waals surface area contributed by atoms with Crippen molar-refractivity contribution < 1.29 is 0 Å². The van der Waals surface area contributed by atoms with Crippen LogP contribution in [-0.2, 0) is 0 Å². The van der Waals surface area contributed by atoms with Crippen LogP contribution in [0.5, 0.6) is 0 Å². The summed E-state index contributed by atoms with van der Waals surface area (Å²) < 4.78 is 0. The van der Waals surface area contributed by atoms with E-state index in [1.807, 2.05) is 19.0 Å². The third-order valence-corrected chi connectivity index (χ3v) is 1.51. The van der Waals surface area contributed by atoms with Crippen molar-refractivity contribution in [2.24, 2.45) is 16.5 Å². The number of hydrogen-bond acceptors (Lipinski definition) is 5. The first kappa shape index (κ1) is 8.86. The van der Waals surface area contributed by atoms with E-state index in [-0.39, 0.29) is 0 Å². The van der Waals surface area contributed by atoms with Crippen molar-refractivity contribution >= 4 is 5.84 Å². The molecule has 1 rings (SSSR count). The summed E-state index contributed by atoms with van der Waals surface area (Å²) in [6, 6.07) is 0. The normalized spacial score (nSPS) is 28.7. The van der Waals surface area contributed by atoms with Gasteiger partial charge in [0.05, 0.1) is 0 Å². The predicted molar refractivity (Wildman–Crippen MR) is 49.1 cm³/mol. The van der Waals surface area contributed by atoms with Crippen molar-refractivity contribution in [3.8, 4) is 0 Å². The zero-order valence-electron chi connectivity index (χ0n) is 7.63. The highest BCUT2D eigenvalue weighted by Crippen LogP contribution is 2.08. The molecule has 68 valence electrons. The van der Waals surface area contributed by atoms with Crippen LogP contribution in [0.3, 0.4) is 0 Å². The van der Waals surface area contributed by atoms with Crippen molar-refractivity contribution in [1.82, 2.24) is 10.2 Å². The van der Waals surface area contributed by atoms with Gasteiger partial charge < -0.3 is 16.0 Å². The highest BCUT2D eigenvalue weighted by Gasteiger charge is 2.22. The molecule has 1 heterocycles. The molecule has 0 saturated carbocycles. The van der Waals surface area contributed by atoms with Gasteiger partial charge in [0.1, 0.15) is 11.7 Å². The fourth-order valence-electron chi connectivity index (χ4n) is 1.00. The Balaban J connectivity index is 2.88. The van der Waals surface area contributed by atoms with E-state index in [0.717, 1.165) is 5.82 Å². The van der Waals surface area contributed by atoms with Gasteiger partial charge in [-0.05, 0) is 6.92 Å². The molecule has 1 aliphatic rings. The summed E-state index contributed by atoms with van der Waals surface area (Å²) in [4.78, 5) is 5.90. The van der Waals surface area contributed by atoms with Gasteiger partial charge in [0.15, 0.2) is 5.79 Å². The zero-order chi connectivity index (χ0) is 9.35.